The molecule has 8 heteroatoms. The van der Waals surface area contributed by atoms with E-state index in [-0.39, 0.29) is 16.6 Å². The minimum atomic E-state index is -3.56. The average Bonchev–Trinajstić information content (AvgIpc) is 2.94. The molecule has 1 aromatic heterocycles. The topological polar surface area (TPSA) is 88.3 Å². The molecule has 0 saturated heterocycles. The molecule has 0 aliphatic carbocycles. The Morgan fingerprint density at radius 1 is 1.38 bits per heavy atom. The van der Waals surface area contributed by atoms with Gasteiger partial charge in [-0.1, -0.05) is 6.07 Å². The smallest absolute Gasteiger partial charge is 0.244 e. The molecule has 3 N–H and O–H groups in total. The van der Waals surface area contributed by atoms with Crippen molar-refractivity contribution in [3.8, 4) is 0 Å². The van der Waals surface area contributed by atoms with Gasteiger partial charge in [-0.25, -0.2) is 17.7 Å². The van der Waals surface area contributed by atoms with E-state index in [1.54, 1.807) is 18.3 Å². The van der Waals surface area contributed by atoms with Gasteiger partial charge in [0.2, 0.25) is 10.0 Å². The van der Waals surface area contributed by atoms with E-state index in [1.165, 1.54) is 31.5 Å². The normalized spacial score (nSPS) is 13.3. The third-order valence-electron chi connectivity index (χ3n) is 3.02. The Morgan fingerprint density at radius 3 is 2.67 bits per heavy atom. The Kier molecular flexibility index (Phi) is 4.50. The highest BCUT2D eigenvalue weighted by Crippen LogP contribution is 2.31. The predicted octanol–water partition coefficient (Wildman–Crippen LogP) is 2.15. The number of hydrogen-bond acceptors (Lipinski definition) is 6. The number of hydrogen-bond donors (Lipinski definition) is 2. The SMILES string of the molecule is CC(Nc1cccc(S(=O)(=O)N(C)C)c1N)c1nccs1. The number of nitrogens with zero attached hydrogens (tertiary/aromatic N) is 2. The molecule has 0 amide bonds. The molecule has 6 nitrogen and oxygen atoms in total. The third kappa shape index (κ3) is 3.17. The van der Waals surface area contributed by atoms with Crippen LogP contribution in [-0.4, -0.2) is 31.8 Å². The highest BCUT2D eigenvalue weighted by Gasteiger charge is 2.22. The Hall–Kier alpha value is -1.64. The molecule has 0 radical (unpaired) electrons. The van der Waals surface area contributed by atoms with E-state index in [0.29, 0.717) is 5.69 Å². The van der Waals surface area contributed by atoms with Gasteiger partial charge in [0.25, 0.3) is 0 Å². The standard InChI is InChI=1S/C13H18N4O2S2/c1-9(13-15-7-8-20-13)16-10-5-4-6-11(12(10)14)21(18,19)17(2)3/h4-9,16H,14H2,1-3H3. The zero-order chi connectivity index (χ0) is 15.6. The lowest BCUT2D eigenvalue weighted by Gasteiger charge is -2.18. The largest absolute Gasteiger partial charge is 0.396 e. The second kappa shape index (κ2) is 6.00. The average molecular weight is 326 g/mol. The van der Waals surface area contributed by atoms with Crippen molar-refractivity contribution in [3.05, 3.63) is 34.8 Å². The fourth-order valence-corrected chi connectivity index (χ4v) is 3.51. The molecule has 0 fully saturated rings. The Labute approximate surface area is 128 Å². The second-order valence-corrected chi connectivity index (χ2v) is 7.79. The van der Waals surface area contributed by atoms with Crippen LogP contribution in [0.3, 0.4) is 0 Å². The van der Waals surface area contributed by atoms with E-state index in [1.807, 2.05) is 12.3 Å². The summed E-state index contributed by atoms with van der Waals surface area (Å²) in [5.74, 6) is 0. The number of sulfonamides is 1. The van der Waals surface area contributed by atoms with E-state index < -0.39 is 10.0 Å². The second-order valence-electron chi connectivity index (χ2n) is 4.74. The lowest BCUT2D eigenvalue weighted by atomic mass is 10.2. The number of para-hydroxylation sites is 1. The molecule has 1 heterocycles. The lowest BCUT2D eigenvalue weighted by Crippen LogP contribution is -2.23. The molecule has 0 saturated carbocycles. The summed E-state index contributed by atoms with van der Waals surface area (Å²) in [4.78, 5) is 4.33. The number of benzene rings is 1. The van der Waals surface area contributed by atoms with Crippen LogP contribution in [0, 0.1) is 0 Å². The maximum absolute atomic E-state index is 12.2. The molecule has 0 aliphatic heterocycles. The molecule has 0 bridgehead atoms. The first kappa shape index (κ1) is 15.7. The van der Waals surface area contributed by atoms with Gasteiger partial charge in [-0.05, 0) is 19.1 Å². The molecule has 114 valence electrons. The minimum absolute atomic E-state index is 0.0513. The van der Waals surface area contributed by atoms with Gasteiger partial charge >= 0.3 is 0 Å². The molecule has 2 rings (SSSR count). The number of anilines is 2. The monoisotopic (exact) mass is 326 g/mol. The van der Waals surface area contributed by atoms with Crippen molar-refractivity contribution < 1.29 is 8.42 Å². The van der Waals surface area contributed by atoms with E-state index in [2.05, 4.69) is 10.3 Å². The van der Waals surface area contributed by atoms with Crippen LogP contribution in [0.15, 0.2) is 34.7 Å². The van der Waals surface area contributed by atoms with Crippen molar-refractivity contribution in [2.75, 3.05) is 25.1 Å². The van der Waals surface area contributed by atoms with Crippen LogP contribution in [0.25, 0.3) is 0 Å². The zero-order valence-electron chi connectivity index (χ0n) is 12.1. The maximum atomic E-state index is 12.2. The van der Waals surface area contributed by atoms with Crippen molar-refractivity contribution in [2.24, 2.45) is 0 Å². The van der Waals surface area contributed by atoms with Gasteiger partial charge in [0.15, 0.2) is 0 Å². The minimum Gasteiger partial charge on any atom is -0.396 e. The first-order valence-electron chi connectivity index (χ1n) is 6.31. The number of nitrogens with one attached hydrogen (secondary N) is 1. The first-order valence-corrected chi connectivity index (χ1v) is 8.63. The Balaban J connectivity index is 2.35. The van der Waals surface area contributed by atoms with Gasteiger partial charge in [0.1, 0.15) is 9.90 Å². The van der Waals surface area contributed by atoms with Crippen molar-refractivity contribution in [1.29, 1.82) is 0 Å². The molecule has 2 aromatic rings. The van der Waals surface area contributed by atoms with E-state index in [4.69, 9.17) is 5.73 Å². The fourth-order valence-electron chi connectivity index (χ4n) is 1.83. The summed E-state index contributed by atoms with van der Waals surface area (Å²) in [5.41, 5.74) is 6.82. The highest BCUT2D eigenvalue weighted by atomic mass is 32.2. The summed E-state index contributed by atoms with van der Waals surface area (Å²) in [6.07, 6.45) is 1.73. The van der Waals surface area contributed by atoms with Crippen molar-refractivity contribution in [3.63, 3.8) is 0 Å². The fraction of sp³-hybridized carbons (Fsp3) is 0.308. The molecular weight excluding hydrogens is 308 g/mol. The summed E-state index contributed by atoms with van der Waals surface area (Å²) < 4.78 is 25.6. The third-order valence-corrected chi connectivity index (χ3v) is 5.85. The van der Waals surface area contributed by atoms with Gasteiger partial charge in [-0.3, -0.25) is 0 Å². The van der Waals surface area contributed by atoms with Gasteiger partial charge in [0.05, 0.1) is 17.4 Å². The van der Waals surface area contributed by atoms with Crippen molar-refractivity contribution >= 4 is 32.7 Å². The van der Waals surface area contributed by atoms with E-state index >= 15 is 0 Å². The van der Waals surface area contributed by atoms with Gasteiger partial charge in [0, 0.05) is 25.7 Å². The summed E-state index contributed by atoms with van der Waals surface area (Å²) in [6, 6.07) is 4.88. The van der Waals surface area contributed by atoms with Gasteiger partial charge < -0.3 is 11.1 Å². The van der Waals surface area contributed by atoms with Gasteiger partial charge in [-0.15, -0.1) is 11.3 Å². The number of nitrogen functional groups attached to an aromatic ring is 1. The number of thiazole rings is 1. The molecule has 21 heavy (non-hydrogen) atoms. The molecule has 1 aromatic carbocycles. The van der Waals surface area contributed by atoms with Crippen LogP contribution >= 0.6 is 11.3 Å². The van der Waals surface area contributed by atoms with Crippen LogP contribution in [0.1, 0.15) is 18.0 Å². The summed E-state index contributed by atoms with van der Waals surface area (Å²) in [7, 11) is -0.606. The van der Waals surface area contributed by atoms with Crippen LogP contribution in [0.4, 0.5) is 11.4 Å². The maximum Gasteiger partial charge on any atom is 0.244 e. The molecule has 1 atom stereocenters. The predicted molar refractivity (Wildman–Crippen MR) is 85.9 cm³/mol. The van der Waals surface area contributed by atoms with Crippen LogP contribution < -0.4 is 11.1 Å². The molecular formula is C13H18N4O2S2. The Morgan fingerprint density at radius 2 is 2.10 bits per heavy atom. The highest BCUT2D eigenvalue weighted by molar-refractivity contribution is 7.89. The summed E-state index contributed by atoms with van der Waals surface area (Å²) in [6.45, 7) is 1.95. The number of nitrogens with two attached hydrogens (primary N) is 1. The number of rotatable bonds is 5. The van der Waals surface area contributed by atoms with Crippen molar-refractivity contribution in [1.82, 2.24) is 9.29 Å². The Bertz CT molecular complexity index is 712. The number of aromatic nitrogens is 1. The van der Waals surface area contributed by atoms with Gasteiger partial charge in [-0.2, -0.15) is 0 Å². The van der Waals surface area contributed by atoms with E-state index in [9.17, 15) is 8.42 Å². The molecule has 1 unspecified atom stereocenters. The quantitative estimate of drug-likeness (QED) is 0.822. The van der Waals surface area contributed by atoms with E-state index in [0.717, 1.165) is 9.31 Å². The first-order chi connectivity index (χ1) is 9.84. The lowest BCUT2D eigenvalue weighted by molar-refractivity contribution is 0.521. The molecule has 0 aliphatic rings. The van der Waals surface area contributed by atoms with Crippen LogP contribution in [0.5, 0.6) is 0 Å². The van der Waals surface area contributed by atoms with Crippen molar-refractivity contribution in [2.45, 2.75) is 17.9 Å². The van der Waals surface area contributed by atoms with Crippen LogP contribution in [-0.2, 0) is 10.0 Å². The summed E-state index contributed by atoms with van der Waals surface area (Å²) in [5, 5.41) is 6.01. The van der Waals surface area contributed by atoms with Crippen LogP contribution in [0.2, 0.25) is 0 Å². The summed E-state index contributed by atoms with van der Waals surface area (Å²) >= 11 is 1.53. The molecule has 0 spiro atoms. The zero-order valence-corrected chi connectivity index (χ0v) is 13.7.